The fourth-order valence-electron chi connectivity index (χ4n) is 1.77. The van der Waals surface area contributed by atoms with Crippen LogP contribution in [-0.4, -0.2) is 37.1 Å². The number of methoxy groups -OCH3 is 1. The molecule has 5 nitrogen and oxygen atoms in total. The minimum absolute atomic E-state index is 0.0432. The first-order valence-corrected chi connectivity index (χ1v) is 4.71. The van der Waals surface area contributed by atoms with E-state index in [-0.39, 0.29) is 12.6 Å². The molecule has 0 aliphatic carbocycles. The van der Waals surface area contributed by atoms with E-state index in [0.29, 0.717) is 17.9 Å². The lowest BCUT2D eigenvalue weighted by Crippen LogP contribution is -2.23. The quantitative estimate of drug-likeness (QED) is 0.468. The molecule has 1 atom stereocenters. The summed E-state index contributed by atoms with van der Waals surface area (Å²) in [6, 6.07) is 0. The van der Waals surface area contributed by atoms with Crippen molar-refractivity contribution in [1.82, 2.24) is 0 Å². The zero-order valence-corrected chi connectivity index (χ0v) is 8.65. The van der Waals surface area contributed by atoms with Gasteiger partial charge in [-0.05, 0) is 13.0 Å². The molecule has 2 aliphatic heterocycles. The molecule has 0 N–H and O–H groups in total. The van der Waals surface area contributed by atoms with Crippen molar-refractivity contribution in [3.05, 3.63) is 27.8 Å². The second-order valence-corrected chi connectivity index (χ2v) is 3.55. The van der Waals surface area contributed by atoms with E-state index in [1.807, 2.05) is 6.92 Å². The van der Waals surface area contributed by atoms with Crippen LogP contribution in [0.4, 0.5) is 0 Å². The van der Waals surface area contributed by atoms with Gasteiger partial charge in [-0.25, -0.2) is 4.79 Å². The predicted molar refractivity (Wildman–Crippen MR) is 51.0 cm³/mol. The van der Waals surface area contributed by atoms with E-state index in [4.69, 9.17) is 4.74 Å². The number of hydrogen-bond acceptors (Lipinski definition) is 4. The average Bonchev–Trinajstić information content (AvgIpc) is 2.60. The van der Waals surface area contributed by atoms with Gasteiger partial charge in [0.15, 0.2) is 0 Å². The molecule has 0 aromatic rings. The van der Waals surface area contributed by atoms with Crippen molar-refractivity contribution < 1.29 is 19.0 Å². The summed E-state index contributed by atoms with van der Waals surface area (Å²) < 4.78 is 10.7. The Kier molecular flexibility index (Phi) is 2.40. The van der Waals surface area contributed by atoms with Gasteiger partial charge >= 0.3 is 5.97 Å². The molecule has 0 unspecified atom stereocenters. The second-order valence-electron chi connectivity index (χ2n) is 3.55. The van der Waals surface area contributed by atoms with Gasteiger partial charge in [-0.15, -0.1) is 0 Å². The fourth-order valence-corrected chi connectivity index (χ4v) is 1.77. The number of carbonyl (C=O) groups is 1. The third kappa shape index (κ3) is 1.59. The Hall–Kier alpha value is -1.49. The maximum absolute atomic E-state index is 11.6. The second kappa shape index (κ2) is 3.58. The lowest BCUT2D eigenvalue weighted by atomic mass is 10.0. The Morgan fingerprint density at radius 3 is 3.07 bits per heavy atom. The fraction of sp³-hybridized carbons (Fsp3) is 0.500. The van der Waals surface area contributed by atoms with Gasteiger partial charge in [0.05, 0.1) is 18.8 Å². The summed E-state index contributed by atoms with van der Waals surface area (Å²) in [6.07, 6.45) is 1.57. The third-order valence-electron chi connectivity index (χ3n) is 2.63. The van der Waals surface area contributed by atoms with Crippen molar-refractivity contribution in [1.29, 1.82) is 0 Å². The molecule has 2 aliphatic rings. The summed E-state index contributed by atoms with van der Waals surface area (Å²) in [4.78, 5) is 22.9. The molecule has 0 saturated carbocycles. The van der Waals surface area contributed by atoms with E-state index >= 15 is 0 Å². The first-order chi connectivity index (χ1) is 7.13. The smallest absolute Gasteiger partial charge is 0.340 e. The summed E-state index contributed by atoms with van der Waals surface area (Å²) in [6.45, 7) is 2.22. The van der Waals surface area contributed by atoms with E-state index in [9.17, 15) is 9.70 Å². The van der Waals surface area contributed by atoms with Crippen molar-refractivity contribution in [2.45, 2.75) is 13.0 Å². The van der Waals surface area contributed by atoms with Crippen LogP contribution in [0.25, 0.3) is 0 Å². The molecule has 15 heavy (non-hydrogen) atoms. The minimum Gasteiger partial charge on any atom is -0.465 e. The molecule has 0 bridgehead atoms. The molecule has 0 amide bonds. The van der Waals surface area contributed by atoms with E-state index in [0.717, 1.165) is 10.3 Å². The third-order valence-corrected chi connectivity index (χ3v) is 2.63. The Balaban J connectivity index is 2.36. The topological polar surface area (TPSA) is 55.6 Å². The normalized spacial score (nSPS) is 25.1. The van der Waals surface area contributed by atoms with Crippen LogP contribution in [-0.2, 0) is 14.3 Å². The molecule has 5 heteroatoms. The average molecular weight is 210 g/mol. The highest BCUT2D eigenvalue weighted by atomic mass is 16.5. The molecular weight excluding hydrogens is 198 g/mol. The van der Waals surface area contributed by atoms with Gasteiger partial charge in [0.2, 0.25) is 6.54 Å². The van der Waals surface area contributed by atoms with Crippen LogP contribution in [0, 0.1) is 4.91 Å². The lowest BCUT2D eigenvalue weighted by molar-refractivity contribution is -0.494. The van der Waals surface area contributed by atoms with Gasteiger partial charge < -0.3 is 9.47 Å². The molecule has 0 aromatic heterocycles. The SMILES string of the molecule is COC(=O)C1=CC2=C(CO[C@@H]2C)[N+](=O)C1. The first kappa shape index (κ1) is 10.0. The summed E-state index contributed by atoms with van der Waals surface area (Å²) in [7, 11) is 1.30. The molecule has 0 saturated heterocycles. The first-order valence-electron chi connectivity index (χ1n) is 4.71. The van der Waals surface area contributed by atoms with Gasteiger partial charge in [-0.1, -0.05) is 0 Å². The maximum atomic E-state index is 11.6. The molecular formula is C10H12NO4+. The summed E-state index contributed by atoms with van der Waals surface area (Å²) in [5.41, 5.74) is 1.79. The van der Waals surface area contributed by atoms with Crippen LogP contribution in [0.1, 0.15) is 6.92 Å². The summed E-state index contributed by atoms with van der Waals surface area (Å²) in [5, 5.41) is 0. The number of esters is 1. The summed E-state index contributed by atoms with van der Waals surface area (Å²) >= 11 is 0. The Morgan fingerprint density at radius 2 is 2.40 bits per heavy atom. The zero-order valence-electron chi connectivity index (χ0n) is 8.65. The van der Waals surface area contributed by atoms with Gasteiger partial charge in [0.1, 0.15) is 12.2 Å². The van der Waals surface area contributed by atoms with E-state index in [1.165, 1.54) is 7.11 Å². The Bertz CT molecular complexity index is 394. The standard InChI is InChI=1S/C10H12NO4/c1-6-8-3-7(10(12)14-2)4-11(13)9(8)5-15-6/h3,6H,4-5H2,1-2H3/q+1/t6-/m1/s1. The van der Waals surface area contributed by atoms with Crippen LogP contribution in [0.3, 0.4) is 0 Å². The van der Waals surface area contributed by atoms with E-state index in [1.54, 1.807) is 6.08 Å². The monoisotopic (exact) mass is 210 g/mol. The molecule has 2 heterocycles. The van der Waals surface area contributed by atoms with Crippen LogP contribution >= 0.6 is 0 Å². The molecule has 0 spiro atoms. The maximum Gasteiger partial charge on any atom is 0.340 e. The molecule has 2 rings (SSSR count). The van der Waals surface area contributed by atoms with Gasteiger partial charge in [-0.2, -0.15) is 0 Å². The number of hydrogen-bond donors (Lipinski definition) is 0. The number of nitrogens with zero attached hydrogens (tertiary/aromatic N) is 1. The van der Waals surface area contributed by atoms with Crippen molar-refractivity contribution in [3.8, 4) is 0 Å². The van der Waals surface area contributed by atoms with Crippen LogP contribution < -0.4 is 0 Å². The summed E-state index contributed by atoms with van der Waals surface area (Å²) in [5.74, 6) is -0.457. The molecule has 80 valence electrons. The zero-order chi connectivity index (χ0) is 11.0. The van der Waals surface area contributed by atoms with E-state index < -0.39 is 5.97 Å². The molecule has 0 radical (unpaired) electrons. The largest absolute Gasteiger partial charge is 0.465 e. The Morgan fingerprint density at radius 1 is 1.67 bits per heavy atom. The predicted octanol–water partition coefficient (Wildman–Crippen LogP) is 0.551. The number of carbonyl (C=O) groups excluding carboxylic acids is 1. The van der Waals surface area contributed by atoms with Crippen molar-refractivity contribution >= 4 is 5.97 Å². The molecule has 0 aromatic carbocycles. The Labute approximate surface area is 86.9 Å². The van der Waals surface area contributed by atoms with Crippen LogP contribution in [0.5, 0.6) is 0 Å². The van der Waals surface area contributed by atoms with E-state index in [2.05, 4.69) is 4.74 Å². The van der Waals surface area contributed by atoms with Crippen molar-refractivity contribution in [2.75, 3.05) is 20.3 Å². The number of nitroso groups, excluding NO2 is 1. The number of ether oxygens (including phenoxy) is 2. The van der Waals surface area contributed by atoms with Crippen LogP contribution in [0.2, 0.25) is 0 Å². The molecule has 0 fully saturated rings. The van der Waals surface area contributed by atoms with Crippen molar-refractivity contribution in [3.63, 3.8) is 0 Å². The van der Waals surface area contributed by atoms with Gasteiger partial charge in [0.25, 0.3) is 5.70 Å². The van der Waals surface area contributed by atoms with Gasteiger partial charge in [0, 0.05) is 9.67 Å². The number of rotatable bonds is 1. The highest BCUT2D eigenvalue weighted by Gasteiger charge is 2.38. The highest BCUT2D eigenvalue weighted by molar-refractivity contribution is 5.89. The highest BCUT2D eigenvalue weighted by Crippen LogP contribution is 2.28. The minimum atomic E-state index is -0.457. The lowest BCUT2D eigenvalue weighted by Gasteiger charge is -2.08. The van der Waals surface area contributed by atoms with Gasteiger partial charge in [-0.3, -0.25) is 0 Å². The van der Waals surface area contributed by atoms with Crippen LogP contribution in [0.15, 0.2) is 22.9 Å². The van der Waals surface area contributed by atoms with Crippen molar-refractivity contribution in [2.24, 2.45) is 0 Å².